The number of ether oxygens (including phenoxy) is 1. The minimum atomic E-state index is -0.650. The van der Waals surface area contributed by atoms with E-state index in [9.17, 15) is 14.4 Å². The van der Waals surface area contributed by atoms with E-state index < -0.39 is 5.97 Å². The van der Waals surface area contributed by atoms with Crippen LogP contribution < -0.4 is 0 Å². The van der Waals surface area contributed by atoms with Crippen molar-refractivity contribution in [2.75, 3.05) is 6.61 Å². The van der Waals surface area contributed by atoms with Crippen molar-refractivity contribution in [3.63, 3.8) is 0 Å². The Hall–Kier alpha value is -2.63. The minimum absolute atomic E-state index is 0.122. The van der Waals surface area contributed by atoms with Gasteiger partial charge in [-0.2, -0.15) is 0 Å². The van der Waals surface area contributed by atoms with Crippen LogP contribution in [-0.4, -0.2) is 34.1 Å². The number of Topliss-reactive ketones (excluding diaryl/α,β-unsaturated/α-hetero) is 2. The molecule has 0 radical (unpaired) electrons. The third-order valence-electron chi connectivity index (χ3n) is 3.23. The summed E-state index contributed by atoms with van der Waals surface area (Å²) >= 11 is 0. The Labute approximate surface area is 121 Å². The van der Waals surface area contributed by atoms with Gasteiger partial charge in [0.05, 0.1) is 5.69 Å². The molecule has 0 fully saturated rings. The van der Waals surface area contributed by atoms with E-state index in [-0.39, 0.29) is 23.9 Å². The number of aromatic amines is 2. The van der Waals surface area contributed by atoms with Crippen LogP contribution in [0, 0.1) is 13.8 Å². The zero-order chi connectivity index (χ0) is 15.6. The predicted molar refractivity (Wildman–Crippen MR) is 75.7 cm³/mol. The quantitative estimate of drug-likeness (QED) is 0.651. The highest BCUT2D eigenvalue weighted by atomic mass is 16.5. The third kappa shape index (κ3) is 2.94. The lowest BCUT2D eigenvalue weighted by molar-refractivity contribution is 0.0467. The van der Waals surface area contributed by atoms with Gasteiger partial charge < -0.3 is 14.7 Å². The molecule has 0 saturated heterocycles. The van der Waals surface area contributed by atoms with Crippen molar-refractivity contribution in [2.45, 2.75) is 20.8 Å². The molecular formula is C15H16N2O4. The van der Waals surface area contributed by atoms with Gasteiger partial charge in [-0.05, 0) is 38.5 Å². The minimum Gasteiger partial charge on any atom is -0.453 e. The predicted octanol–water partition coefficient (Wildman–Crippen LogP) is 2.20. The highest BCUT2D eigenvalue weighted by Gasteiger charge is 2.21. The molecule has 2 N–H and O–H groups in total. The molecule has 2 heterocycles. The third-order valence-corrected chi connectivity index (χ3v) is 3.23. The van der Waals surface area contributed by atoms with E-state index in [1.807, 2.05) is 0 Å². The van der Waals surface area contributed by atoms with Crippen LogP contribution in [0.3, 0.4) is 0 Å². The number of hydrogen-bond donors (Lipinski definition) is 2. The molecule has 0 spiro atoms. The second kappa shape index (κ2) is 5.78. The fourth-order valence-electron chi connectivity index (χ4n) is 2.27. The Kier molecular flexibility index (Phi) is 4.07. The lowest BCUT2D eigenvalue weighted by Crippen LogP contribution is -2.15. The number of rotatable bonds is 5. The first-order chi connectivity index (χ1) is 9.91. The van der Waals surface area contributed by atoms with E-state index >= 15 is 0 Å². The summed E-state index contributed by atoms with van der Waals surface area (Å²) in [6.07, 6.45) is 1.62. The van der Waals surface area contributed by atoms with Crippen LogP contribution in [0.15, 0.2) is 18.3 Å². The normalized spacial score (nSPS) is 10.4. The maximum absolute atomic E-state index is 12.0. The fraction of sp³-hybridized carbons (Fsp3) is 0.267. The smallest absolute Gasteiger partial charge is 0.355 e. The van der Waals surface area contributed by atoms with E-state index in [0.717, 1.165) is 0 Å². The number of nitrogens with one attached hydrogen (secondary N) is 2. The Morgan fingerprint density at radius 1 is 1.24 bits per heavy atom. The summed E-state index contributed by atoms with van der Waals surface area (Å²) < 4.78 is 4.99. The molecular weight excluding hydrogens is 272 g/mol. The molecule has 2 rings (SSSR count). The van der Waals surface area contributed by atoms with Gasteiger partial charge in [0.1, 0.15) is 5.69 Å². The molecule has 0 unspecified atom stereocenters. The lowest BCUT2D eigenvalue weighted by atomic mass is 10.1. The molecule has 6 nitrogen and oxygen atoms in total. The first kappa shape index (κ1) is 14.8. The van der Waals surface area contributed by atoms with Gasteiger partial charge in [-0.3, -0.25) is 9.59 Å². The molecule has 0 bridgehead atoms. The lowest BCUT2D eigenvalue weighted by Gasteiger charge is -2.03. The molecule has 0 aliphatic carbocycles. The zero-order valence-corrected chi connectivity index (χ0v) is 12.1. The van der Waals surface area contributed by atoms with Crippen molar-refractivity contribution in [1.82, 2.24) is 9.97 Å². The summed E-state index contributed by atoms with van der Waals surface area (Å²) in [5, 5.41) is 0. The Balaban J connectivity index is 2.09. The average molecular weight is 288 g/mol. The summed E-state index contributed by atoms with van der Waals surface area (Å²) in [7, 11) is 0. The number of aryl methyl sites for hydroxylation is 1. The standard InChI is InChI=1S/C15H16N2O4/c1-8-13(10(3)18)9(2)17-14(8)15(20)21-7-12(19)11-5-4-6-16-11/h4-6,16-17H,7H2,1-3H3. The highest BCUT2D eigenvalue weighted by molar-refractivity contribution is 6.02. The number of H-pyrrole nitrogens is 2. The summed E-state index contributed by atoms with van der Waals surface area (Å²) in [5.74, 6) is -1.09. The first-order valence-electron chi connectivity index (χ1n) is 6.45. The molecule has 0 atom stereocenters. The average Bonchev–Trinajstić information content (AvgIpc) is 3.03. The van der Waals surface area contributed by atoms with Gasteiger partial charge in [-0.25, -0.2) is 4.79 Å². The van der Waals surface area contributed by atoms with E-state index in [0.29, 0.717) is 22.5 Å². The monoisotopic (exact) mass is 288 g/mol. The van der Waals surface area contributed by atoms with E-state index in [2.05, 4.69) is 9.97 Å². The molecule has 6 heteroatoms. The first-order valence-corrected chi connectivity index (χ1v) is 6.45. The number of carbonyl (C=O) groups is 3. The molecule has 2 aromatic rings. The molecule has 0 aromatic carbocycles. The van der Waals surface area contributed by atoms with Crippen molar-refractivity contribution in [2.24, 2.45) is 0 Å². The Morgan fingerprint density at radius 3 is 2.48 bits per heavy atom. The van der Waals surface area contributed by atoms with Gasteiger partial charge in [-0.15, -0.1) is 0 Å². The largest absolute Gasteiger partial charge is 0.453 e. The van der Waals surface area contributed by atoms with E-state index in [1.54, 1.807) is 32.2 Å². The zero-order valence-electron chi connectivity index (χ0n) is 12.1. The van der Waals surface area contributed by atoms with Gasteiger partial charge in [0.25, 0.3) is 0 Å². The molecule has 2 aromatic heterocycles. The van der Waals surface area contributed by atoms with Crippen LogP contribution in [0.1, 0.15) is 49.5 Å². The number of esters is 1. The van der Waals surface area contributed by atoms with Crippen molar-refractivity contribution in [3.8, 4) is 0 Å². The van der Waals surface area contributed by atoms with Gasteiger partial charge >= 0.3 is 5.97 Å². The van der Waals surface area contributed by atoms with Crippen LogP contribution in [-0.2, 0) is 4.74 Å². The summed E-state index contributed by atoms with van der Waals surface area (Å²) in [6.45, 7) is 4.47. The molecule has 0 amide bonds. The summed E-state index contributed by atoms with van der Waals surface area (Å²) in [5.41, 5.74) is 2.22. The van der Waals surface area contributed by atoms with Gasteiger partial charge in [0.15, 0.2) is 12.4 Å². The maximum Gasteiger partial charge on any atom is 0.355 e. The molecule has 110 valence electrons. The van der Waals surface area contributed by atoms with Crippen LogP contribution >= 0.6 is 0 Å². The van der Waals surface area contributed by atoms with Crippen molar-refractivity contribution >= 4 is 17.5 Å². The van der Waals surface area contributed by atoms with Crippen LogP contribution in [0.2, 0.25) is 0 Å². The number of ketones is 2. The van der Waals surface area contributed by atoms with Crippen molar-refractivity contribution < 1.29 is 19.1 Å². The molecule has 0 saturated carbocycles. The van der Waals surface area contributed by atoms with Crippen LogP contribution in [0.25, 0.3) is 0 Å². The Morgan fingerprint density at radius 2 is 1.95 bits per heavy atom. The van der Waals surface area contributed by atoms with Crippen molar-refractivity contribution in [1.29, 1.82) is 0 Å². The second-order valence-electron chi connectivity index (χ2n) is 4.76. The number of carbonyl (C=O) groups excluding carboxylic acids is 3. The van der Waals surface area contributed by atoms with Gasteiger partial charge in [0.2, 0.25) is 5.78 Å². The molecule has 0 aliphatic rings. The highest BCUT2D eigenvalue weighted by Crippen LogP contribution is 2.19. The SMILES string of the molecule is CC(=O)c1c(C)[nH]c(C(=O)OCC(=O)c2ccc[nH]2)c1C. The number of hydrogen-bond acceptors (Lipinski definition) is 4. The Bertz CT molecular complexity index is 696. The van der Waals surface area contributed by atoms with E-state index in [4.69, 9.17) is 4.74 Å². The second-order valence-corrected chi connectivity index (χ2v) is 4.76. The summed E-state index contributed by atoms with van der Waals surface area (Å²) in [6, 6.07) is 3.29. The topological polar surface area (TPSA) is 92.0 Å². The van der Waals surface area contributed by atoms with Crippen LogP contribution in [0.4, 0.5) is 0 Å². The summed E-state index contributed by atoms with van der Waals surface area (Å²) in [4.78, 5) is 40.8. The maximum atomic E-state index is 12.0. The van der Waals surface area contributed by atoms with E-state index in [1.165, 1.54) is 6.92 Å². The molecule has 21 heavy (non-hydrogen) atoms. The molecule has 0 aliphatic heterocycles. The van der Waals surface area contributed by atoms with Gasteiger partial charge in [-0.1, -0.05) is 0 Å². The van der Waals surface area contributed by atoms with Crippen molar-refractivity contribution in [3.05, 3.63) is 46.5 Å². The fourth-order valence-corrected chi connectivity index (χ4v) is 2.27. The van der Waals surface area contributed by atoms with Gasteiger partial charge in [0, 0.05) is 17.5 Å². The van der Waals surface area contributed by atoms with Crippen LogP contribution in [0.5, 0.6) is 0 Å². The number of aromatic nitrogens is 2.